The van der Waals surface area contributed by atoms with Crippen molar-refractivity contribution in [2.45, 2.75) is 45.4 Å². The van der Waals surface area contributed by atoms with E-state index in [9.17, 15) is 0 Å². The van der Waals surface area contributed by atoms with Crippen LogP contribution in [0.2, 0.25) is 0 Å². The van der Waals surface area contributed by atoms with Crippen LogP contribution in [0.1, 0.15) is 55.5 Å². The van der Waals surface area contributed by atoms with Crippen LogP contribution in [0, 0.1) is 6.92 Å². The highest BCUT2D eigenvalue weighted by Gasteiger charge is 2.39. The number of fused-ring (bicyclic) bond motifs is 7. The number of nitrogens with zero attached hydrogens (tertiary/aromatic N) is 1. The van der Waals surface area contributed by atoms with Crippen molar-refractivity contribution in [1.82, 2.24) is 0 Å². The minimum atomic E-state index is -0.128. The molecule has 0 unspecified atom stereocenters. The third-order valence-electron chi connectivity index (χ3n) is 12.3. The van der Waals surface area contributed by atoms with Crippen LogP contribution in [0.3, 0.4) is 0 Å². The van der Waals surface area contributed by atoms with Crippen LogP contribution in [0.25, 0.3) is 55.3 Å². The molecule has 0 spiro atoms. The Morgan fingerprint density at radius 1 is 0.370 bits per heavy atom. The Labute approximate surface area is 319 Å². The van der Waals surface area contributed by atoms with E-state index < -0.39 is 0 Å². The minimum absolute atomic E-state index is 0.119. The van der Waals surface area contributed by atoms with Gasteiger partial charge in [-0.1, -0.05) is 167 Å². The lowest BCUT2D eigenvalue weighted by molar-refractivity contribution is 0.660. The van der Waals surface area contributed by atoms with E-state index in [2.05, 4.69) is 209 Å². The largest absolute Gasteiger partial charge is 0.309 e. The lowest BCUT2D eigenvalue weighted by Gasteiger charge is -2.32. The highest BCUT2D eigenvalue weighted by atomic mass is 15.1. The summed E-state index contributed by atoms with van der Waals surface area (Å²) in [5.74, 6) is 0. The molecule has 10 rings (SSSR count). The molecular weight excluding hydrogens is 651 g/mol. The van der Waals surface area contributed by atoms with Gasteiger partial charge < -0.3 is 4.90 Å². The van der Waals surface area contributed by atoms with Crippen molar-refractivity contribution in [1.29, 1.82) is 0 Å². The fraction of sp³-hybridized carbons (Fsp3) is 0.132. The van der Waals surface area contributed by atoms with Gasteiger partial charge in [0.2, 0.25) is 0 Å². The molecule has 0 saturated carbocycles. The summed E-state index contributed by atoms with van der Waals surface area (Å²) in [6, 6.07) is 63.7. The van der Waals surface area contributed by atoms with Crippen molar-refractivity contribution < 1.29 is 0 Å². The predicted octanol–water partition coefficient (Wildman–Crippen LogP) is 14.6. The standard InChI is InChI=1S/C53H43N/c1-34-21-23-36(24-22-34)38-27-30-49(44(32-38)39-26-25-35-13-6-7-14-37(35)31-39)54(40-28-29-42-41-15-8-10-17-45(41)53(4,5)48(42)33-40)50-20-12-19-47-51(50)43-16-9-11-18-46(43)52(47,2)3/h6-33H,1-5H3. The topological polar surface area (TPSA) is 3.24 Å². The van der Waals surface area contributed by atoms with Gasteiger partial charge in [-0.05, 0) is 110 Å². The van der Waals surface area contributed by atoms with Gasteiger partial charge in [-0.15, -0.1) is 0 Å². The van der Waals surface area contributed by atoms with Crippen LogP contribution in [0.15, 0.2) is 170 Å². The van der Waals surface area contributed by atoms with Crippen molar-refractivity contribution in [3.8, 4) is 44.5 Å². The summed E-state index contributed by atoms with van der Waals surface area (Å²) < 4.78 is 0. The van der Waals surface area contributed by atoms with Gasteiger partial charge >= 0.3 is 0 Å². The van der Waals surface area contributed by atoms with Gasteiger partial charge in [0.05, 0.1) is 11.4 Å². The van der Waals surface area contributed by atoms with E-state index in [1.54, 1.807) is 0 Å². The molecule has 8 aromatic rings. The Kier molecular flexibility index (Phi) is 7.17. The van der Waals surface area contributed by atoms with Gasteiger partial charge in [-0.25, -0.2) is 0 Å². The minimum Gasteiger partial charge on any atom is -0.309 e. The first-order valence-corrected chi connectivity index (χ1v) is 19.2. The summed E-state index contributed by atoms with van der Waals surface area (Å²) in [5.41, 5.74) is 20.1. The summed E-state index contributed by atoms with van der Waals surface area (Å²) in [6.45, 7) is 11.7. The summed E-state index contributed by atoms with van der Waals surface area (Å²) in [4.78, 5) is 2.56. The zero-order chi connectivity index (χ0) is 36.8. The highest BCUT2D eigenvalue weighted by molar-refractivity contribution is 6.00. The maximum Gasteiger partial charge on any atom is 0.0543 e. The molecule has 0 atom stereocenters. The summed E-state index contributed by atoms with van der Waals surface area (Å²) in [5, 5.41) is 2.48. The van der Waals surface area contributed by atoms with Crippen molar-refractivity contribution >= 4 is 27.8 Å². The lowest BCUT2D eigenvalue weighted by Crippen LogP contribution is -2.18. The molecular formula is C53H43N. The molecule has 0 heterocycles. The molecule has 0 saturated heterocycles. The van der Waals surface area contributed by atoms with Crippen LogP contribution in [0.5, 0.6) is 0 Å². The molecule has 54 heavy (non-hydrogen) atoms. The normalized spacial score (nSPS) is 14.3. The molecule has 1 heteroatoms. The molecule has 260 valence electrons. The maximum absolute atomic E-state index is 2.56. The molecule has 0 aliphatic heterocycles. The third kappa shape index (κ3) is 4.85. The second kappa shape index (κ2) is 11.9. The van der Waals surface area contributed by atoms with Crippen LogP contribution in [-0.2, 0) is 10.8 Å². The average molecular weight is 694 g/mol. The van der Waals surface area contributed by atoms with E-state index in [4.69, 9.17) is 0 Å². The number of hydrogen-bond acceptors (Lipinski definition) is 1. The SMILES string of the molecule is Cc1ccc(-c2ccc(N(c3ccc4c(c3)C(C)(C)c3ccccc3-4)c3cccc4c3-c3ccccc3C4(C)C)c(-c3ccc4ccccc4c3)c2)cc1. The first-order chi connectivity index (χ1) is 26.2. The second-order valence-electron chi connectivity index (χ2n) is 16.3. The fourth-order valence-corrected chi connectivity index (χ4v) is 9.41. The van der Waals surface area contributed by atoms with Crippen LogP contribution < -0.4 is 4.90 Å². The summed E-state index contributed by atoms with van der Waals surface area (Å²) in [6.07, 6.45) is 0. The van der Waals surface area contributed by atoms with E-state index in [1.165, 1.54) is 88.8 Å². The van der Waals surface area contributed by atoms with E-state index in [0.717, 1.165) is 11.4 Å². The van der Waals surface area contributed by atoms with Crippen molar-refractivity contribution in [3.05, 3.63) is 198 Å². The van der Waals surface area contributed by atoms with E-state index >= 15 is 0 Å². The van der Waals surface area contributed by atoms with E-state index in [0.29, 0.717) is 0 Å². The Balaban J connectivity index is 1.28. The van der Waals surface area contributed by atoms with Gasteiger partial charge in [-0.3, -0.25) is 0 Å². The lowest BCUT2D eigenvalue weighted by atomic mass is 9.82. The first-order valence-electron chi connectivity index (χ1n) is 19.2. The average Bonchev–Trinajstić information content (AvgIpc) is 3.58. The Morgan fingerprint density at radius 3 is 1.78 bits per heavy atom. The van der Waals surface area contributed by atoms with Gasteiger partial charge in [0.15, 0.2) is 0 Å². The van der Waals surface area contributed by atoms with Crippen LogP contribution in [0.4, 0.5) is 17.1 Å². The summed E-state index contributed by atoms with van der Waals surface area (Å²) >= 11 is 0. The maximum atomic E-state index is 2.56. The fourth-order valence-electron chi connectivity index (χ4n) is 9.41. The third-order valence-corrected chi connectivity index (χ3v) is 12.3. The Bertz CT molecular complexity index is 2780. The molecule has 0 fully saturated rings. The Hall–Kier alpha value is -6.18. The molecule has 2 aliphatic carbocycles. The quantitative estimate of drug-likeness (QED) is 0.173. The number of rotatable bonds is 5. The van der Waals surface area contributed by atoms with Gasteiger partial charge in [0, 0.05) is 27.6 Å². The molecule has 0 amide bonds. The van der Waals surface area contributed by atoms with Gasteiger partial charge in [0.25, 0.3) is 0 Å². The Morgan fingerprint density at radius 2 is 0.981 bits per heavy atom. The molecule has 2 aliphatic rings. The number of hydrogen-bond donors (Lipinski definition) is 0. The molecule has 8 aromatic carbocycles. The monoisotopic (exact) mass is 693 g/mol. The predicted molar refractivity (Wildman–Crippen MR) is 229 cm³/mol. The van der Waals surface area contributed by atoms with Gasteiger partial charge in [0.1, 0.15) is 0 Å². The van der Waals surface area contributed by atoms with E-state index in [-0.39, 0.29) is 10.8 Å². The summed E-state index contributed by atoms with van der Waals surface area (Å²) in [7, 11) is 0. The van der Waals surface area contributed by atoms with Crippen molar-refractivity contribution in [2.75, 3.05) is 4.90 Å². The molecule has 1 nitrogen and oxygen atoms in total. The smallest absolute Gasteiger partial charge is 0.0543 e. The molecule has 0 aromatic heterocycles. The molecule has 0 radical (unpaired) electrons. The zero-order valence-corrected chi connectivity index (χ0v) is 31.6. The highest BCUT2D eigenvalue weighted by Crippen LogP contribution is 2.56. The van der Waals surface area contributed by atoms with Gasteiger partial charge in [-0.2, -0.15) is 0 Å². The number of aryl methyl sites for hydroxylation is 1. The van der Waals surface area contributed by atoms with E-state index in [1.807, 2.05) is 0 Å². The van der Waals surface area contributed by atoms with Crippen LogP contribution in [-0.4, -0.2) is 0 Å². The number of anilines is 3. The van der Waals surface area contributed by atoms with Crippen molar-refractivity contribution in [3.63, 3.8) is 0 Å². The first kappa shape index (κ1) is 32.5. The molecule has 0 bridgehead atoms. The number of benzene rings is 8. The second-order valence-corrected chi connectivity index (χ2v) is 16.3. The van der Waals surface area contributed by atoms with Crippen LogP contribution >= 0.6 is 0 Å². The van der Waals surface area contributed by atoms with Crippen molar-refractivity contribution in [2.24, 2.45) is 0 Å². The zero-order valence-electron chi connectivity index (χ0n) is 31.6. The molecule has 0 N–H and O–H groups in total.